The summed E-state index contributed by atoms with van der Waals surface area (Å²) in [6, 6.07) is 4.23. The van der Waals surface area contributed by atoms with Crippen LogP contribution in [0.15, 0.2) is 12.1 Å². The molecule has 0 saturated heterocycles. The molecule has 0 radical (unpaired) electrons. The summed E-state index contributed by atoms with van der Waals surface area (Å²) in [5, 5.41) is 0. The lowest BCUT2D eigenvalue weighted by Crippen LogP contribution is -2.21. The summed E-state index contributed by atoms with van der Waals surface area (Å²) >= 11 is 0. The van der Waals surface area contributed by atoms with Gasteiger partial charge in [-0.2, -0.15) is 0 Å². The fourth-order valence-corrected chi connectivity index (χ4v) is 1.79. The molecule has 0 aromatic heterocycles. The third-order valence-electron chi connectivity index (χ3n) is 2.88. The molecule has 3 heteroatoms. The third kappa shape index (κ3) is 3.63. The van der Waals surface area contributed by atoms with Gasteiger partial charge < -0.3 is 15.2 Å². The van der Waals surface area contributed by atoms with Gasteiger partial charge in [0.1, 0.15) is 11.5 Å². The number of hydrogen-bond donors (Lipinski definition) is 1. The van der Waals surface area contributed by atoms with Gasteiger partial charge in [0, 0.05) is 6.04 Å². The van der Waals surface area contributed by atoms with Crippen molar-refractivity contribution in [1.29, 1.82) is 0 Å². The molecular formula is C14H23NO2. The summed E-state index contributed by atoms with van der Waals surface area (Å²) < 4.78 is 11.0. The lowest BCUT2D eigenvalue weighted by atomic mass is 10.0. The average Bonchev–Trinajstić information content (AvgIpc) is 2.33. The molecule has 1 atom stereocenters. The molecule has 1 aromatic carbocycles. The summed E-state index contributed by atoms with van der Waals surface area (Å²) in [6.45, 7) is 6.78. The predicted octanol–water partition coefficient (Wildman–Crippen LogP) is 2.68. The Bertz CT molecular complexity index is 363. The molecule has 0 spiro atoms. The van der Waals surface area contributed by atoms with Crippen molar-refractivity contribution >= 4 is 0 Å². The van der Waals surface area contributed by atoms with Gasteiger partial charge >= 0.3 is 0 Å². The largest absolute Gasteiger partial charge is 0.496 e. The van der Waals surface area contributed by atoms with E-state index in [0.29, 0.717) is 6.61 Å². The van der Waals surface area contributed by atoms with Crippen molar-refractivity contribution in [3.63, 3.8) is 0 Å². The second-order valence-electron chi connectivity index (χ2n) is 4.24. The van der Waals surface area contributed by atoms with Gasteiger partial charge in [-0.05, 0) is 49.9 Å². The van der Waals surface area contributed by atoms with Crippen LogP contribution in [0.3, 0.4) is 0 Å². The Labute approximate surface area is 104 Å². The Kier molecular flexibility index (Phi) is 5.29. The van der Waals surface area contributed by atoms with Crippen LogP contribution in [0, 0.1) is 6.92 Å². The second-order valence-corrected chi connectivity index (χ2v) is 4.24. The van der Waals surface area contributed by atoms with Gasteiger partial charge in [-0.25, -0.2) is 0 Å². The molecule has 3 nitrogen and oxygen atoms in total. The van der Waals surface area contributed by atoms with Crippen molar-refractivity contribution in [2.45, 2.75) is 39.7 Å². The van der Waals surface area contributed by atoms with Gasteiger partial charge in [0.05, 0.1) is 13.7 Å². The number of nitrogens with two attached hydrogens (primary N) is 1. The Morgan fingerprint density at radius 2 is 1.94 bits per heavy atom. The highest BCUT2D eigenvalue weighted by Crippen LogP contribution is 2.29. The van der Waals surface area contributed by atoms with Crippen LogP contribution in [-0.4, -0.2) is 19.8 Å². The zero-order valence-corrected chi connectivity index (χ0v) is 11.2. The van der Waals surface area contributed by atoms with Gasteiger partial charge in [0.15, 0.2) is 0 Å². The summed E-state index contributed by atoms with van der Waals surface area (Å²) in [5.41, 5.74) is 8.21. The summed E-state index contributed by atoms with van der Waals surface area (Å²) in [6.07, 6.45) is 1.78. The summed E-state index contributed by atoms with van der Waals surface area (Å²) in [5.74, 6) is 1.82. The highest BCUT2D eigenvalue weighted by molar-refractivity contribution is 5.46. The molecule has 96 valence electrons. The smallest absolute Gasteiger partial charge is 0.122 e. The zero-order chi connectivity index (χ0) is 12.8. The third-order valence-corrected chi connectivity index (χ3v) is 2.88. The Balaban J connectivity index is 3.03. The van der Waals surface area contributed by atoms with E-state index in [1.807, 2.05) is 26.0 Å². The lowest BCUT2D eigenvalue weighted by molar-refractivity contribution is 0.335. The minimum atomic E-state index is 0.168. The molecule has 0 saturated carbocycles. The van der Waals surface area contributed by atoms with E-state index in [1.165, 1.54) is 0 Å². The maximum atomic E-state index is 5.99. The maximum Gasteiger partial charge on any atom is 0.122 e. The molecule has 0 heterocycles. The van der Waals surface area contributed by atoms with Gasteiger partial charge in [-0.1, -0.05) is 6.92 Å². The van der Waals surface area contributed by atoms with Crippen LogP contribution in [0.2, 0.25) is 0 Å². The van der Waals surface area contributed by atoms with Crippen molar-refractivity contribution in [1.82, 2.24) is 0 Å². The molecule has 1 aromatic rings. The van der Waals surface area contributed by atoms with Gasteiger partial charge in [-0.15, -0.1) is 0 Å². The van der Waals surface area contributed by atoms with E-state index in [1.54, 1.807) is 7.11 Å². The first-order valence-electron chi connectivity index (χ1n) is 6.18. The van der Waals surface area contributed by atoms with Gasteiger partial charge in [-0.3, -0.25) is 0 Å². The van der Waals surface area contributed by atoms with Gasteiger partial charge in [0.2, 0.25) is 0 Å². The Hall–Kier alpha value is -1.22. The number of methoxy groups -OCH3 is 1. The number of hydrogen-bond acceptors (Lipinski definition) is 3. The Morgan fingerprint density at radius 1 is 1.24 bits per heavy atom. The fourth-order valence-electron chi connectivity index (χ4n) is 1.79. The highest BCUT2D eigenvalue weighted by Gasteiger charge is 2.11. The van der Waals surface area contributed by atoms with E-state index in [2.05, 4.69) is 6.92 Å². The first-order chi connectivity index (χ1) is 8.12. The molecule has 0 aliphatic rings. The van der Waals surface area contributed by atoms with Crippen LogP contribution in [-0.2, 0) is 6.42 Å². The van der Waals surface area contributed by atoms with Crippen molar-refractivity contribution in [2.24, 2.45) is 5.73 Å². The molecule has 0 aliphatic carbocycles. The number of aryl methyl sites for hydroxylation is 1. The first-order valence-corrected chi connectivity index (χ1v) is 6.18. The molecular weight excluding hydrogens is 214 g/mol. The van der Waals surface area contributed by atoms with Crippen molar-refractivity contribution in [3.8, 4) is 11.5 Å². The molecule has 0 fully saturated rings. The fraction of sp³-hybridized carbons (Fsp3) is 0.571. The minimum Gasteiger partial charge on any atom is -0.496 e. The molecule has 17 heavy (non-hydrogen) atoms. The predicted molar refractivity (Wildman–Crippen MR) is 70.9 cm³/mol. The molecule has 1 unspecified atom stereocenters. The summed E-state index contributed by atoms with van der Waals surface area (Å²) in [4.78, 5) is 0. The average molecular weight is 237 g/mol. The molecule has 2 N–H and O–H groups in total. The zero-order valence-electron chi connectivity index (χ0n) is 11.2. The van der Waals surface area contributed by atoms with Crippen LogP contribution in [0.5, 0.6) is 11.5 Å². The standard InChI is InChI=1S/C14H23NO2/c1-5-12(15)8-11-9-13(17-6-2)10(3)7-14(11)16-4/h7,9,12H,5-6,8,15H2,1-4H3. The molecule has 0 bridgehead atoms. The lowest BCUT2D eigenvalue weighted by Gasteiger charge is -2.16. The van der Waals surface area contributed by atoms with E-state index in [9.17, 15) is 0 Å². The molecule has 0 amide bonds. The van der Waals surface area contributed by atoms with Gasteiger partial charge in [0.25, 0.3) is 0 Å². The van der Waals surface area contributed by atoms with Crippen LogP contribution in [0.25, 0.3) is 0 Å². The molecule has 1 rings (SSSR count). The van der Waals surface area contributed by atoms with Crippen LogP contribution in [0.4, 0.5) is 0 Å². The van der Waals surface area contributed by atoms with E-state index in [-0.39, 0.29) is 6.04 Å². The SMILES string of the molecule is CCOc1cc(CC(N)CC)c(OC)cc1C. The van der Waals surface area contributed by atoms with Crippen molar-refractivity contribution < 1.29 is 9.47 Å². The van der Waals surface area contributed by atoms with Crippen LogP contribution < -0.4 is 15.2 Å². The first kappa shape index (κ1) is 13.8. The second kappa shape index (κ2) is 6.50. The molecule has 0 aliphatic heterocycles. The number of ether oxygens (including phenoxy) is 2. The quantitative estimate of drug-likeness (QED) is 0.827. The van der Waals surface area contributed by atoms with Crippen molar-refractivity contribution in [2.75, 3.05) is 13.7 Å². The van der Waals surface area contributed by atoms with E-state index < -0.39 is 0 Å². The number of benzene rings is 1. The maximum absolute atomic E-state index is 5.99. The topological polar surface area (TPSA) is 44.5 Å². The van der Waals surface area contributed by atoms with Crippen molar-refractivity contribution in [3.05, 3.63) is 23.3 Å². The van der Waals surface area contributed by atoms with E-state index >= 15 is 0 Å². The summed E-state index contributed by atoms with van der Waals surface area (Å²) in [7, 11) is 1.69. The van der Waals surface area contributed by atoms with Crippen LogP contribution >= 0.6 is 0 Å². The van der Waals surface area contributed by atoms with E-state index in [4.69, 9.17) is 15.2 Å². The monoisotopic (exact) mass is 237 g/mol. The van der Waals surface area contributed by atoms with E-state index in [0.717, 1.165) is 35.5 Å². The number of rotatable bonds is 6. The van der Waals surface area contributed by atoms with Crippen LogP contribution in [0.1, 0.15) is 31.4 Å². The highest BCUT2D eigenvalue weighted by atomic mass is 16.5. The normalized spacial score (nSPS) is 12.3. The Morgan fingerprint density at radius 3 is 2.47 bits per heavy atom. The minimum absolute atomic E-state index is 0.168.